The smallest absolute Gasteiger partial charge is 0.410 e. The highest BCUT2D eigenvalue weighted by Crippen LogP contribution is 2.23. The van der Waals surface area contributed by atoms with Gasteiger partial charge in [0.1, 0.15) is 12.4 Å². The number of amides is 2. The summed E-state index contributed by atoms with van der Waals surface area (Å²) in [4.78, 5) is 41.1. The molecule has 2 amide bonds. The lowest BCUT2D eigenvalue weighted by molar-refractivity contribution is -0.137. The minimum atomic E-state index is -0.982. The minimum Gasteiger partial charge on any atom is -0.481 e. The van der Waals surface area contributed by atoms with E-state index in [2.05, 4.69) is 15.6 Å². The predicted molar refractivity (Wildman–Crippen MR) is 121 cm³/mol. The van der Waals surface area contributed by atoms with Crippen molar-refractivity contribution in [2.75, 3.05) is 38.2 Å². The Bertz CT molecular complexity index is 860. The van der Waals surface area contributed by atoms with Gasteiger partial charge in [0.25, 0.3) is 0 Å². The third kappa shape index (κ3) is 8.23. The molecule has 2 aliphatic rings. The molecule has 0 radical (unpaired) electrons. The number of allylic oxidation sites excluding steroid dienone is 3. The second kappa shape index (κ2) is 12.6. The molecule has 1 aromatic heterocycles. The number of hydrogen-bond donors (Lipinski definition) is 3. The molecule has 3 N–H and O–H groups in total. The Labute approximate surface area is 192 Å². The normalized spacial score (nSPS) is 21.6. The average Bonchev–Trinajstić information content (AvgIpc) is 3.24. The lowest BCUT2D eigenvalue weighted by Gasteiger charge is -2.25. The number of aromatic nitrogens is 1. The highest BCUT2D eigenvalue weighted by atomic mass is 16.6. The monoisotopic (exact) mass is 458 g/mol. The van der Waals surface area contributed by atoms with Crippen molar-refractivity contribution < 1.29 is 29.0 Å². The van der Waals surface area contributed by atoms with Crippen molar-refractivity contribution in [2.45, 2.75) is 31.4 Å². The van der Waals surface area contributed by atoms with Crippen LogP contribution in [0.4, 0.5) is 10.6 Å². The number of carbonyl (C=O) groups excluding carboxylic acids is 2. The van der Waals surface area contributed by atoms with Gasteiger partial charge < -0.3 is 30.1 Å². The minimum absolute atomic E-state index is 0.0437. The summed E-state index contributed by atoms with van der Waals surface area (Å²) >= 11 is 0. The fourth-order valence-electron chi connectivity index (χ4n) is 3.67. The average molecular weight is 459 g/mol. The molecule has 1 aliphatic carbocycles. The number of aliphatic carboxylic acids is 1. The zero-order chi connectivity index (χ0) is 23.5. The Balaban J connectivity index is 1.51. The summed E-state index contributed by atoms with van der Waals surface area (Å²) < 4.78 is 11.3. The van der Waals surface area contributed by atoms with Gasteiger partial charge in [-0.1, -0.05) is 30.4 Å². The van der Waals surface area contributed by atoms with Crippen molar-refractivity contribution in [1.82, 2.24) is 15.2 Å². The van der Waals surface area contributed by atoms with Crippen molar-refractivity contribution in [3.05, 3.63) is 48.7 Å². The van der Waals surface area contributed by atoms with Crippen LogP contribution in [0.5, 0.6) is 0 Å². The summed E-state index contributed by atoms with van der Waals surface area (Å²) in [6.07, 6.45) is 10.1. The van der Waals surface area contributed by atoms with Crippen LogP contribution in [0.1, 0.15) is 19.3 Å². The molecule has 0 aromatic carbocycles. The zero-order valence-corrected chi connectivity index (χ0v) is 18.4. The summed E-state index contributed by atoms with van der Waals surface area (Å²) in [6, 6.07) is 5.35. The number of hydrogen-bond acceptors (Lipinski definition) is 7. The van der Waals surface area contributed by atoms with E-state index in [1.165, 1.54) is 0 Å². The number of pyridine rings is 1. The third-order valence-corrected chi connectivity index (χ3v) is 5.40. The van der Waals surface area contributed by atoms with Gasteiger partial charge in [-0.15, -0.1) is 0 Å². The molecule has 1 unspecified atom stereocenters. The van der Waals surface area contributed by atoms with Gasteiger partial charge in [0.05, 0.1) is 31.7 Å². The lowest BCUT2D eigenvalue weighted by atomic mass is 10.0. The van der Waals surface area contributed by atoms with E-state index in [1.54, 1.807) is 11.1 Å². The number of ether oxygens (including phenoxy) is 2. The molecule has 2 heterocycles. The molecule has 178 valence electrons. The van der Waals surface area contributed by atoms with E-state index in [0.29, 0.717) is 31.9 Å². The van der Waals surface area contributed by atoms with Crippen molar-refractivity contribution in [1.29, 1.82) is 0 Å². The van der Waals surface area contributed by atoms with Crippen LogP contribution in [0.3, 0.4) is 0 Å². The van der Waals surface area contributed by atoms with Crippen molar-refractivity contribution >= 4 is 23.8 Å². The predicted octanol–water partition coefficient (Wildman–Crippen LogP) is 1.81. The van der Waals surface area contributed by atoms with Crippen LogP contribution in [-0.4, -0.2) is 78.0 Å². The van der Waals surface area contributed by atoms with Crippen molar-refractivity contribution in [2.24, 2.45) is 5.92 Å². The van der Waals surface area contributed by atoms with Crippen LogP contribution in [0.15, 0.2) is 48.7 Å². The maximum Gasteiger partial charge on any atom is 0.410 e. The van der Waals surface area contributed by atoms with E-state index >= 15 is 0 Å². The molecule has 33 heavy (non-hydrogen) atoms. The standard InChI is InChI=1S/C23H30N4O6/c28-21(25-11-9-22(29)30)16-32-19-12-18(13-26-20-8-4-5-10-24-20)27(14-19)23(31)33-15-17-6-2-1-3-7-17/h1-6,8,10,17-19H,7,9,11-16H2,(H,24,26)(H,25,28)(H,29,30)/t17?,18-,19+/m0/s1. The van der Waals surface area contributed by atoms with Gasteiger partial charge in [0.2, 0.25) is 5.91 Å². The highest BCUT2D eigenvalue weighted by molar-refractivity contribution is 5.78. The first-order valence-electron chi connectivity index (χ1n) is 11.0. The number of carboxylic acid groups (broad SMARTS) is 1. The second-order valence-electron chi connectivity index (χ2n) is 7.95. The Hall–Kier alpha value is -3.40. The van der Waals surface area contributed by atoms with Gasteiger partial charge in [-0.05, 0) is 25.0 Å². The number of rotatable bonds is 11. The van der Waals surface area contributed by atoms with E-state index in [-0.39, 0.29) is 37.6 Å². The fraction of sp³-hybridized carbons (Fsp3) is 0.478. The van der Waals surface area contributed by atoms with Crippen LogP contribution in [0, 0.1) is 5.92 Å². The molecule has 1 fully saturated rings. The summed E-state index contributed by atoms with van der Waals surface area (Å²) in [5.41, 5.74) is 0. The summed E-state index contributed by atoms with van der Waals surface area (Å²) in [5, 5.41) is 14.4. The van der Waals surface area contributed by atoms with E-state index in [4.69, 9.17) is 14.6 Å². The summed E-state index contributed by atoms with van der Waals surface area (Å²) in [5.74, 6) is -0.512. The van der Waals surface area contributed by atoms with E-state index in [1.807, 2.05) is 42.5 Å². The summed E-state index contributed by atoms with van der Waals surface area (Å²) in [6.45, 7) is 0.905. The molecule has 0 saturated carbocycles. The Kier molecular flexibility index (Phi) is 9.25. The number of likely N-dealkylation sites (tertiary alicyclic amines) is 1. The maximum atomic E-state index is 12.8. The van der Waals surface area contributed by atoms with Crippen LogP contribution in [-0.2, 0) is 19.1 Å². The van der Waals surface area contributed by atoms with Gasteiger partial charge >= 0.3 is 12.1 Å². The number of nitrogens with one attached hydrogen (secondary N) is 2. The topological polar surface area (TPSA) is 130 Å². The molecule has 1 aromatic rings. The fourth-order valence-corrected chi connectivity index (χ4v) is 3.67. The van der Waals surface area contributed by atoms with E-state index in [0.717, 1.165) is 6.42 Å². The third-order valence-electron chi connectivity index (χ3n) is 5.40. The van der Waals surface area contributed by atoms with Gasteiger partial charge in [0, 0.05) is 25.2 Å². The lowest BCUT2D eigenvalue weighted by Crippen LogP contribution is -2.40. The first-order chi connectivity index (χ1) is 16.0. The number of nitrogens with zero attached hydrogens (tertiary/aromatic N) is 2. The van der Waals surface area contributed by atoms with Crippen LogP contribution in [0.2, 0.25) is 0 Å². The highest BCUT2D eigenvalue weighted by Gasteiger charge is 2.37. The second-order valence-corrected chi connectivity index (χ2v) is 7.95. The van der Waals surface area contributed by atoms with Gasteiger partial charge in [0.15, 0.2) is 0 Å². The van der Waals surface area contributed by atoms with E-state index in [9.17, 15) is 14.4 Å². The molecule has 1 saturated heterocycles. The van der Waals surface area contributed by atoms with Crippen LogP contribution < -0.4 is 10.6 Å². The molecule has 3 rings (SSSR count). The van der Waals surface area contributed by atoms with Crippen molar-refractivity contribution in [3.8, 4) is 0 Å². The molecule has 10 heteroatoms. The van der Waals surface area contributed by atoms with E-state index < -0.39 is 18.0 Å². The van der Waals surface area contributed by atoms with Crippen molar-refractivity contribution in [3.63, 3.8) is 0 Å². The molecule has 1 aliphatic heterocycles. The maximum absolute atomic E-state index is 12.8. The van der Waals surface area contributed by atoms with Gasteiger partial charge in [-0.3, -0.25) is 9.59 Å². The molecule has 3 atom stereocenters. The quantitative estimate of drug-likeness (QED) is 0.458. The van der Waals surface area contributed by atoms with Crippen LogP contribution >= 0.6 is 0 Å². The Morgan fingerprint density at radius 2 is 2.12 bits per heavy atom. The Morgan fingerprint density at radius 3 is 2.85 bits per heavy atom. The number of anilines is 1. The first-order valence-corrected chi connectivity index (χ1v) is 11.0. The molecular formula is C23H30N4O6. The largest absolute Gasteiger partial charge is 0.481 e. The van der Waals surface area contributed by atoms with Crippen LogP contribution in [0.25, 0.3) is 0 Å². The van der Waals surface area contributed by atoms with Gasteiger partial charge in [-0.2, -0.15) is 0 Å². The molecular weight excluding hydrogens is 428 g/mol. The summed E-state index contributed by atoms with van der Waals surface area (Å²) in [7, 11) is 0. The Morgan fingerprint density at radius 1 is 1.24 bits per heavy atom. The molecule has 10 nitrogen and oxygen atoms in total. The first kappa shape index (κ1) is 24.2. The molecule has 0 spiro atoms. The van der Waals surface area contributed by atoms with Gasteiger partial charge in [-0.25, -0.2) is 9.78 Å². The SMILES string of the molecule is O=C(O)CCNC(=O)CO[C@@H]1C[C@@H](CNc2ccccn2)N(C(=O)OCC2C=CC=CC2)C1. The number of carboxylic acids is 1. The number of carbonyl (C=O) groups is 3. The zero-order valence-electron chi connectivity index (χ0n) is 18.4. The molecule has 0 bridgehead atoms.